The molecule has 0 aliphatic heterocycles. The highest BCUT2D eigenvalue weighted by Gasteiger charge is 2.15. The standard InChI is InChI=1S/C20H26N2O3S/c1-16(2)15-22-26(24,25)19-12-10-18(11-13-19)20(23)21-14-6-9-17-7-4-3-5-8-17/h3-5,7-8,10-13,16,22H,6,9,14-15H2,1-2H3,(H,21,23). The zero-order valence-electron chi connectivity index (χ0n) is 15.2. The molecular weight excluding hydrogens is 348 g/mol. The highest BCUT2D eigenvalue weighted by atomic mass is 32.2. The minimum Gasteiger partial charge on any atom is -0.352 e. The summed E-state index contributed by atoms with van der Waals surface area (Å²) in [6, 6.07) is 16.1. The molecule has 0 bridgehead atoms. The van der Waals surface area contributed by atoms with Crippen LogP contribution in [-0.4, -0.2) is 27.4 Å². The Morgan fingerprint density at radius 2 is 1.65 bits per heavy atom. The minimum atomic E-state index is -3.53. The lowest BCUT2D eigenvalue weighted by Crippen LogP contribution is -2.28. The average Bonchev–Trinajstić information content (AvgIpc) is 2.64. The topological polar surface area (TPSA) is 75.3 Å². The van der Waals surface area contributed by atoms with Crippen LogP contribution in [0.4, 0.5) is 0 Å². The lowest BCUT2D eigenvalue weighted by atomic mass is 10.1. The molecule has 0 unspecified atom stereocenters. The Kier molecular flexibility index (Phi) is 7.36. The molecular formula is C20H26N2O3S. The number of hydrogen-bond acceptors (Lipinski definition) is 3. The van der Waals surface area contributed by atoms with E-state index in [1.165, 1.54) is 29.8 Å². The first kappa shape index (κ1) is 20.1. The molecule has 1 amide bonds. The maximum Gasteiger partial charge on any atom is 0.251 e. The van der Waals surface area contributed by atoms with Crippen LogP contribution in [0, 0.1) is 5.92 Å². The number of benzene rings is 2. The van der Waals surface area contributed by atoms with Crippen molar-refractivity contribution in [1.82, 2.24) is 10.0 Å². The van der Waals surface area contributed by atoms with E-state index in [1.54, 1.807) is 0 Å². The Labute approximate surface area is 155 Å². The fourth-order valence-corrected chi connectivity index (χ4v) is 3.60. The first-order valence-electron chi connectivity index (χ1n) is 8.80. The van der Waals surface area contributed by atoms with Gasteiger partial charge in [0, 0.05) is 18.7 Å². The first-order chi connectivity index (χ1) is 12.4. The molecule has 0 aromatic heterocycles. The van der Waals surface area contributed by atoms with E-state index in [4.69, 9.17) is 0 Å². The van der Waals surface area contributed by atoms with Gasteiger partial charge in [-0.3, -0.25) is 4.79 Å². The number of hydrogen-bond donors (Lipinski definition) is 2. The third-order valence-corrected chi connectivity index (χ3v) is 5.32. The van der Waals surface area contributed by atoms with E-state index in [9.17, 15) is 13.2 Å². The molecule has 6 heteroatoms. The molecule has 2 aromatic carbocycles. The van der Waals surface area contributed by atoms with Crippen LogP contribution < -0.4 is 10.0 Å². The normalized spacial score (nSPS) is 11.5. The maximum absolute atomic E-state index is 12.2. The quantitative estimate of drug-likeness (QED) is 0.663. The molecule has 0 atom stereocenters. The lowest BCUT2D eigenvalue weighted by Gasteiger charge is -2.10. The number of nitrogens with one attached hydrogen (secondary N) is 2. The van der Waals surface area contributed by atoms with Gasteiger partial charge in [0.2, 0.25) is 10.0 Å². The van der Waals surface area contributed by atoms with Gasteiger partial charge < -0.3 is 5.32 Å². The second-order valence-electron chi connectivity index (χ2n) is 6.62. The summed E-state index contributed by atoms with van der Waals surface area (Å²) in [5.74, 6) is 0.0304. The van der Waals surface area contributed by atoms with Crippen molar-refractivity contribution in [1.29, 1.82) is 0 Å². The smallest absolute Gasteiger partial charge is 0.251 e. The highest BCUT2D eigenvalue weighted by Crippen LogP contribution is 2.11. The molecule has 0 spiro atoms. The van der Waals surface area contributed by atoms with Crippen molar-refractivity contribution < 1.29 is 13.2 Å². The third kappa shape index (κ3) is 6.28. The van der Waals surface area contributed by atoms with Gasteiger partial charge in [0.25, 0.3) is 5.91 Å². The fourth-order valence-electron chi connectivity index (χ4n) is 2.39. The summed E-state index contributed by atoms with van der Waals surface area (Å²) >= 11 is 0. The molecule has 0 radical (unpaired) electrons. The lowest BCUT2D eigenvalue weighted by molar-refractivity contribution is 0.0953. The largest absolute Gasteiger partial charge is 0.352 e. The van der Waals surface area contributed by atoms with Crippen molar-refractivity contribution in [3.63, 3.8) is 0 Å². The second-order valence-corrected chi connectivity index (χ2v) is 8.38. The molecule has 2 rings (SSSR count). The van der Waals surface area contributed by atoms with Gasteiger partial charge in [-0.1, -0.05) is 44.2 Å². The number of carbonyl (C=O) groups is 1. The SMILES string of the molecule is CC(C)CNS(=O)(=O)c1ccc(C(=O)NCCCc2ccccc2)cc1. The second kappa shape index (κ2) is 9.50. The van der Waals surface area contributed by atoms with Crippen molar-refractivity contribution in [2.75, 3.05) is 13.1 Å². The predicted octanol–water partition coefficient (Wildman–Crippen LogP) is 2.98. The van der Waals surface area contributed by atoms with Gasteiger partial charge in [-0.2, -0.15) is 0 Å². The van der Waals surface area contributed by atoms with Crippen LogP contribution in [0.1, 0.15) is 36.2 Å². The molecule has 0 saturated heterocycles. The fraction of sp³-hybridized carbons (Fsp3) is 0.350. The Morgan fingerprint density at radius 1 is 1.00 bits per heavy atom. The van der Waals surface area contributed by atoms with Gasteiger partial charge in [0.15, 0.2) is 0 Å². The Morgan fingerprint density at radius 3 is 2.27 bits per heavy atom. The number of sulfonamides is 1. The molecule has 0 aliphatic carbocycles. The third-order valence-electron chi connectivity index (χ3n) is 3.88. The number of aryl methyl sites for hydroxylation is 1. The number of amides is 1. The van der Waals surface area contributed by atoms with Crippen molar-refractivity contribution >= 4 is 15.9 Å². The Bertz CT molecular complexity index is 801. The summed E-state index contributed by atoms with van der Waals surface area (Å²) in [4.78, 5) is 12.3. The van der Waals surface area contributed by atoms with Crippen LogP contribution in [0.25, 0.3) is 0 Å². The van der Waals surface area contributed by atoms with Crippen LogP contribution >= 0.6 is 0 Å². The summed E-state index contributed by atoms with van der Waals surface area (Å²) in [6.07, 6.45) is 1.75. The highest BCUT2D eigenvalue weighted by molar-refractivity contribution is 7.89. The van der Waals surface area contributed by atoms with E-state index in [2.05, 4.69) is 22.2 Å². The summed E-state index contributed by atoms with van der Waals surface area (Å²) in [7, 11) is -3.53. The van der Waals surface area contributed by atoms with Crippen LogP contribution in [0.3, 0.4) is 0 Å². The molecule has 2 N–H and O–H groups in total. The Balaban J connectivity index is 1.84. The van der Waals surface area contributed by atoms with Crippen LogP contribution in [0.5, 0.6) is 0 Å². The van der Waals surface area contributed by atoms with Crippen LogP contribution in [0.2, 0.25) is 0 Å². The van der Waals surface area contributed by atoms with Gasteiger partial charge in [-0.05, 0) is 48.6 Å². The molecule has 0 heterocycles. The zero-order valence-corrected chi connectivity index (χ0v) is 16.1. The molecule has 26 heavy (non-hydrogen) atoms. The van der Waals surface area contributed by atoms with E-state index in [0.717, 1.165) is 12.8 Å². The van der Waals surface area contributed by atoms with Gasteiger partial charge in [0.1, 0.15) is 0 Å². The molecule has 0 aliphatic rings. The summed E-state index contributed by atoms with van der Waals surface area (Å²) in [5.41, 5.74) is 1.69. The minimum absolute atomic E-state index is 0.166. The van der Waals surface area contributed by atoms with Crippen molar-refractivity contribution in [3.05, 3.63) is 65.7 Å². The monoisotopic (exact) mass is 374 g/mol. The Hall–Kier alpha value is -2.18. The van der Waals surface area contributed by atoms with Crippen LogP contribution in [-0.2, 0) is 16.4 Å². The zero-order chi connectivity index (χ0) is 19.0. The van der Waals surface area contributed by atoms with Gasteiger partial charge in [-0.25, -0.2) is 13.1 Å². The first-order valence-corrected chi connectivity index (χ1v) is 10.3. The van der Waals surface area contributed by atoms with Crippen molar-refractivity contribution in [2.24, 2.45) is 5.92 Å². The summed E-state index contributed by atoms with van der Waals surface area (Å²) < 4.78 is 26.9. The predicted molar refractivity (Wildman–Crippen MR) is 104 cm³/mol. The van der Waals surface area contributed by atoms with Gasteiger partial charge in [-0.15, -0.1) is 0 Å². The summed E-state index contributed by atoms with van der Waals surface area (Å²) in [6.45, 7) is 4.83. The van der Waals surface area contributed by atoms with Crippen LogP contribution in [0.15, 0.2) is 59.5 Å². The van der Waals surface area contributed by atoms with E-state index in [1.807, 2.05) is 32.0 Å². The molecule has 0 saturated carbocycles. The van der Waals surface area contributed by atoms with E-state index >= 15 is 0 Å². The van der Waals surface area contributed by atoms with Gasteiger partial charge in [0.05, 0.1) is 4.90 Å². The molecule has 140 valence electrons. The molecule has 5 nitrogen and oxygen atoms in total. The average molecular weight is 375 g/mol. The maximum atomic E-state index is 12.2. The molecule has 2 aromatic rings. The van der Waals surface area contributed by atoms with Crippen molar-refractivity contribution in [3.8, 4) is 0 Å². The van der Waals surface area contributed by atoms with E-state index < -0.39 is 10.0 Å². The molecule has 0 fully saturated rings. The van der Waals surface area contributed by atoms with E-state index in [0.29, 0.717) is 18.7 Å². The van der Waals surface area contributed by atoms with Gasteiger partial charge >= 0.3 is 0 Å². The van der Waals surface area contributed by atoms with E-state index in [-0.39, 0.29) is 16.7 Å². The van der Waals surface area contributed by atoms with Crippen molar-refractivity contribution in [2.45, 2.75) is 31.6 Å². The number of rotatable bonds is 9. The number of carbonyl (C=O) groups excluding carboxylic acids is 1. The summed E-state index contributed by atoms with van der Waals surface area (Å²) in [5, 5.41) is 2.86.